The van der Waals surface area contributed by atoms with Crippen LogP contribution >= 0.6 is 0 Å². The van der Waals surface area contributed by atoms with Gasteiger partial charge in [0.15, 0.2) is 0 Å². The molecule has 0 bridgehead atoms. The Balaban J connectivity index is 2.25. The molecular weight excluding hydrogens is 470 g/mol. The van der Waals surface area contributed by atoms with Crippen molar-refractivity contribution < 1.29 is 34.5 Å². The number of nitrogens with two attached hydrogens (primary N) is 1. The summed E-state index contributed by atoms with van der Waals surface area (Å²) in [6.07, 6.45) is 1.01. The van der Waals surface area contributed by atoms with E-state index in [-0.39, 0.29) is 6.42 Å². The summed E-state index contributed by atoms with van der Waals surface area (Å²) in [5, 5.41) is 36.9. The maximum absolute atomic E-state index is 13.2. The van der Waals surface area contributed by atoms with Crippen molar-refractivity contribution in [3.05, 3.63) is 36.0 Å². The van der Waals surface area contributed by atoms with Crippen LogP contribution in [0.15, 0.2) is 30.5 Å². The average molecular weight is 506 g/mol. The number of aromatic amines is 1. The molecule has 2 rings (SSSR count). The van der Waals surface area contributed by atoms with Gasteiger partial charge in [-0.2, -0.15) is 0 Å². The SMILES string of the molecule is CCC(C)C(NC(=O)C(CO)NC(=O)C(Cc1c[nH]c2ccccc12)NC(=O)C(N)C(C)O)C(=O)O. The number of amides is 3. The van der Waals surface area contributed by atoms with Crippen LogP contribution in [0, 0.1) is 5.92 Å². The summed E-state index contributed by atoms with van der Waals surface area (Å²) >= 11 is 0. The normalized spacial score (nSPS) is 16.3. The highest BCUT2D eigenvalue weighted by molar-refractivity contribution is 5.95. The third-order valence-corrected chi connectivity index (χ3v) is 6.15. The van der Waals surface area contributed by atoms with Gasteiger partial charge < -0.3 is 42.0 Å². The van der Waals surface area contributed by atoms with Crippen molar-refractivity contribution in [1.82, 2.24) is 20.9 Å². The van der Waals surface area contributed by atoms with Gasteiger partial charge in [-0.05, 0) is 24.5 Å². The largest absolute Gasteiger partial charge is 0.480 e. The van der Waals surface area contributed by atoms with Gasteiger partial charge in [0.25, 0.3) is 0 Å². The van der Waals surface area contributed by atoms with E-state index >= 15 is 0 Å². The second-order valence-corrected chi connectivity index (χ2v) is 8.84. The number of hydrogen-bond donors (Lipinski definition) is 8. The fraction of sp³-hybridized carbons (Fsp3) is 0.500. The minimum atomic E-state index is -1.46. The number of fused-ring (bicyclic) bond motifs is 1. The zero-order valence-corrected chi connectivity index (χ0v) is 20.5. The van der Waals surface area contributed by atoms with Crippen molar-refractivity contribution in [3.8, 4) is 0 Å². The van der Waals surface area contributed by atoms with Gasteiger partial charge in [-0.25, -0.2) is 4.79 Å². The minimum Gasteiger partial charge on any atom is -0.480 e. The number of rotatable bonds is 13. The lowest BCUT2D eigenvalue weighted by Gasteiger charge is -2.26. The van der Waals surface area contributed by atoms with Gasteiger partial charge in [0.1, 0.15) is 24.2 Å². The summed E-state index contributed by atoms with van der Waals surface area (Å²) in [6, 6.07) is 2.15. The number of carboxylic acids is 1. The average Bonchev–Trinajstić information content (AvgIpc) is 3.26. The monoisotopic (exact) mass is 505 g/mol. The highest BCUT2D eigenvalue weighted by Crippen LogP contribution is 2.19. The number of carboxylic acid groups (broad SMARTS) is 1. The zero-order chi connectivity index (χ0) is 27.0. The van der Waals surface area contributed by atoms with Crippen molar-refractivity contribution in [2.75, 3.05) is 6.61 Å². The third-order valence-electron chi connectivity index (χ3n) is 6.15. The summed E-state index contributed by atoms with van der Waals surface area (Å²) in [5.41, 5.74) is 7.23. The molecule has 0 saturated carbocycles. The van der Waals surface area contributed by atoms with E-state index in [0.29, 0.717) is 12.0 Å². The first-order valence-corrected chi connectivity index (χ1v) is 11.7. The Hall–Kier alpha value is -3.48. The van der Waals surface area contributed by atoms with Crippen molar-refractivity contribution >= 4 is 34.6 Å². The second kappa shape index (κ2) is 13.0. The standard InChI is InChI=1S/C24H35N5O7/c1-4-12(2)20(24(35)36)29-22(33)18(11-30)28-21(32)17(27-23(34)19(25)13(3)31)9-14-10-26-16-8-6-5-7-15(14)16/h5-8,10,12-13,17-20,26,30-31H,4,9,11,25H2,1-3H3,(H,27,34)(H,28,32)(H,29,33)(H,35,36). The first kappa shape index (κ1) is 28.8. The molecular formula is C24H35N5O7. The van der Waals surface area contributed by atoms with Crippen molar-refractivity contribution in [1.29, 1.82) is 0 Å². The molecule has 198 valence electrons. The van der Waals surface area contributed by atoms with Crippen LogP contribution in [-0.4, -0.2) is 80.9 Å². The number of aromatic nitrogens is 1. The molecule has 3 amide bonds. The molecule has 0 radical (unpaired) electrons. The highest BCUT2D eigenvalue weighted by atomic mass is 16.4. The Bertz CT molecular complexity index is 1070. The van der Waals surface area contributed by atoms with Crippen molar-refractivity contribution in [3.63, 3.8) is 0 Å². The predicted octanol–water partition coefficient (Wildman–Crippen LogP) is -1.00. The van der Waals surface area contributed by atoms with E-state index in [4.69, 9.17) is 5.73 Å². The van der Waals surface area contributed by atoms with Gasteiger partial charge in [0.2, 0.25) is 17.7 Å². The van der Waals surface area contributed by atoms with Crippen LogP contribution in [0.1, 0.15) is 32.8 Å². The van der Waals surface area contributed by atoms with Crippen LogP contribution in [-0.2, 0) is 25.6 Å². The maximum atomic E-state index is 13.2. The summed E-state index contributed by atoms with van der Waals surface area (Å²) < 4.78 is 0. The van der Waals surface area contributed by atoms with Gasteiger partial charge >= 0.3 is 5.97 Å². The Morgan fingerprint density at radius 2 is 1.61 bits per heavy atom. The summed E-state index contributed by atoms with van der Waals surface area (Å²) in [4.78, 5) is 53.0. The van der Waals surface area contributed by atoms with Crippen LogP contribution in [0.4, 0.5) is 0 Å². The van der Waals surface area contributed by atoms with Crippen LogP contribution < -0.4 is 21.7 Å². The number of aliphatic carboxylic acids is 1. The van der Waals surface area contributed by atoms with E-state index in [1.54, 1.807) is 20.0 Å². The second-order valence-electron chi connectivity index (χ2n) is 8.84. The maximum Gasteiger partial charge on any atom is 0.326 e. The topological polar surface area (TPSA) is 207 Å². The van der Waals surface area contributed by atoms with E-state index in [1.807, 2.05) is 24.3 Å². The number of carbonyl (C=O) groups excluding carboxylic acids is 3. The molecule has 1 aromatic carbocycles. The van der Waals surface area contributed by atoms with Crippen LogP contribution in [0.25, 0.3) is 10.9 Å². The first-order chi connectivity index (χ1) is 17.0. The zero-order valence-electron chi connectivity index (χ0n) is 20.5. The number of aliphatic hydroxyl groups excluding tert-OH is 2. The Morgan fingerprint density at radius 3 is 2.19 bits per heavy atom. The Kier molecular flexibility index (Phi) is 10.4. The van der Waals surface area contributed by atoms with Gasteiger partial charge in [-0.3, -0.25) is 14.4 Å². The number of aliphatic hydroxyl groups is 2. The summed E-state index contributed by atoms with van der Waals surface area (Å²) in [6.45, 7) is 3.96. The number of benzene rings is 1. The molecule has 9 N–H and O–H groups in total. The lowest BCUT2D eigenvalue weighted by molar-refractivity contribution is -0.144. The van der Waals surface area contributed by atoms with E-state index < -0.39 is 66.5 Å². The van der Waals surface area contributed by atoms with Gasteiger partial charge in [-0.1, -0.05) is 38.5 Å². The number of para-hydroxylation sites is 1. The fourth-order valence-corrected chi connectivity index (χ4v) is 3.62. The van der Waals surface area contributed by atoms with Gasteiger partial charge in [-0.15, -0.1) is 0 Å². The molecule has 0 fully saturated rings. The lowest BCUT2D eigenvalue weighted by atomic mass is 9.99. The lowest BCUT2D eigenvalue weighted by Crippen LogP contribution is -2.59. The molecule has 6 atom stereocenters. The van der Waals surface area contributed by atoms with E-state index in [2.05, 4.69) is 20.9 Å². The van der Waals surface area contributed by atoms with Gasteiger partial charge in [0.05, 0.1) is 12.7 Å². The third kappa shape index (κ3) is 7.26. The number of carbonyl (C=O) groups is 4. The van der Waals surface area contributed by atoms with Crippen LogP contribution in [0.5, 0.6) is 0 Å². The molecule has 12 heteroatoms. The number of nitrogens with one attached hydrogen (secondary N) is 4. The molecule has 1 heterocycles. The molecule has 36 heavy (non-hydrogen) atoms. The number of hydrogen-bond acceptors (Lipinski definition) is 7. The molecule has 2 aromatic rings. The van der Waals surface area contributed by atoms with E-state index in [0.717, 1.165) is 10.9 Å². The number of H-pyrrole nitrogens is 1. The van der Waals surface area contributed by atoms with E-state index in [1.165, 1.54) is 6.92 Å². The van der Waals surface area contributed by atoms with E-state index in [9.17, 15) is 34.5 Å². The Morgan fingerprint density at radius 1 is 1.00 bits per heavy atom. The molecule has 0 saturated heterocycles. The fourth-order valence-electron chi connectivity index (χ4n) is 3.62. The molecule has 0 spiro atoms. The quantitative estimate of drug-likeness (QED) is 0.169. The van der Waals surface area contributed by atoms with Gasteiger partial charge in [0, 0.05) is 23.5 Å². The predicted molar refractivity (Wildman–Crippen MR) is 132 cm³/mol. The Labute approximate surface area is 208 Å². The van der Waals surface area contributed by atoms with Crippen LogP contribution in [0.3, 0.4) is 0 Å². The molecule has 0 aliphatic carbocycles. The molecule has 12 nitrogen and oxygen atoms in total. The first-order valence-electron chi connectivity index (χ1n) is 11.7. The molecule has 6 unspecified atom stereocenters. The van der Waals surface area contributed by atoms with Crippen molar-refractivity contribution in [2.45, 2.75) is 63.9 Å². The molecule has 0 aliphatic heterocycles. The summed E-state index contributed by atoms with van der Waals surface area (Å²) in [7, 11) is 0. The highest BCUT2D eigenvalue weighted by Gasteiger charge is 2.32. The molecule has 1 aromatic heterocycles. The minimum absolute atomic E-state index is 0.0124. The summed E-state index contributed by atoms with van der Waals surface area (Å²) in [5.74, 6) is -4.08. The van der Waals surface area contributed by atoms with Crippen molar-refractivity contribution in [2.24, 2.45) is 11.7 Å². The van der Waals surface area contributed by atoms with Crippen LogP contribution in [0.2, 0.25) is 0 Å². The smallest absolute Gasteiger partial charge is 0.326 e. The molecule has 0 aliphatic rings.